The summed E-state index contributed by atoms with van der Waals surface area (Å²) in [4.78, 5) is 11.9. The van der Waals surface area contributed by atoms with Crippen LogP contribution in [-0.4, -0.2) is 46.2 Å². The Morgan fingerprint density at radius 2 is 2.28 bits per heavy atom. The van der Waals surface area contributed by atoms with Crippen LogP contribution in [-0.2, 0) is 9.53 Å². The van der Waals surface area contributed by atoms with E-state index in [2.05, 4.69) is 29.4 Å². The molecule has 0 saturated heterocycles. The third-order valence-electron chi connectivity index (χ3n) is 3.17. The van der Waals surface area contributed by atoms with E-state index >= 15 is 0 Å². The van der Waals surface area contributed by atoms with Crippen LogP contribution >= 0.6 is 23.4 Å². The smallest absolute Gasteiger partial charge is 0.230 e. The molecule has 0 saturated carbocycles. The standard InChI is InChI=1S/C17H23ClN4O2S/c1-13(2)10-24-8-4-7-19-16(23)11-25-17-21-20-12-22(17)15-6-3-5-14(18)9-15/h3,5-6,9,12-13H,4,7-8,10-11H2,1-2H3,(H,19,23). The molecule has 0 radical (unpaired) electrons. The Morgan fingerprint density at radius 1 is 1.44 bits per heavy atom. The minimum Gasteiger partial charge on any atom is -0.381 e. The van der Waals surface area contributed by atoms with Crippen LogP contribution in [0.4, 0.5) is 0 Å². The Labute approximate surface area is 157 Å². The van der Waals surface area contributed by atoms with Crippen molar-refractivity contribution in [3.05, 3.63) is 35.6 Å². The van der Waals surface area contributed by atoms with Gasteiger partial charge in [-0.1, -0.05) is 43.3 Å². The van der Waals surface area contributed by atoms with Crippen molar-refractivity contribution in [1.29, 1.82) is 0 Å². The zero-order chi connectivity index (χ0) is 18.1. The Bertz CT molecular complexity index is 678. The summed E-state index contributed by atoms with van der Waals surface area (Å²) in [6.07, 6.45) is 2.42. The lowest BCUT2D eigenvalue weighted by Gasteiger charge is -2.08. The molecule has 0 aliphatic carbocycles. The fraction of sp³-hybridized carbons (Fsp3) is 0.471. The lowest BCUT2D eigenvalue weighted by molar-refractivity contribution is -0.118. The first kappa shape index (κ1) is 19.8. The number of carbonyl (C=O) groups is 1. The highest BCUT2D eigenvalue weighted by atomic mass is 35.5. The van der Waals surface area contributed by atoms with Crippen LogP contribution < -0.4 is 5.32 Å². The molecule has 1 N–H and O–H groups in total. The van der Waals surface area contributed by atoms with Crippen molar-refractivity contribution in [3.63, 3.8) is 0 Å². The molecule has 1 aromatic heterocycles. The number of ether oxygens (including phenoxy) is 1. The summed E-state index contributed by atoms with van der Waals surface area (Å²) < 4.78 is 7.29. The highest BCUT2D eigenvalue weighted by molar-refractivity contribution is 7.99. The van der Waals surface area contributed by atoms with Gasteiger partial charge in [0.2, 0.25) is 5.91 Å². The number of aromatic nitrogens is 3. The molecule has 0 spiro atoms. The van der Waals surface area contributed by atoms with Crippen LogP contribution in [0, 0.1) is 5.92 Å². The van der Waals surface area contributed by atoms with Gasteiger partial charge < -0.3 is 10.1 Å². The average molecular weight is 383 g/mol. The molecule has 0 bridgehead atoms. The van der Waals surface area contributed by atoms with E-state index in [0.29, 0.717) is 29.2 Å². The number of hydrogen-bond acceptors (Lipinski definition) is 5. The zero-order valence-electron chi connectivity index (χ0n) is 14.4. The molecule has 1 amide bonds. The largest absolute Gasteiger partial charge is 0.381 e. The predicted molar refractivity (Wildman–Crippen MR) is 100 cm³/mol. The second-order valence-corrected chi connectivity index (χ2v) is 7.30. The number of thioether (sulfide) groups is 1. The summed E-state index contributed by atoms with van der Waals surface area (Å²) in [5.41, 5.74) is 0.864. The maximum absolute atomic E-state index is 11.9. The molecule has 2 aromatic rings. The van der Waals surface area contributed by atoms with Crippen LogP contribution in [0.3, 0.4) is 0 Å². The first-order valence-corrected chi connectivity index (χ1v) is 9.56. The van der Waals surface area contributed by atoms with Gasteiger partial charge >= 0.3 is 0 Å². The van der Waals surface area contributed by atoms with Crippen LogP contribution in [0.2, 0.25) is 5.02 Å². The molecule has 6 nitrogen and oxygen atoms in total. The summed E-state index contributed by atoms with van der Waals surface area (Å²) in [5, 5.41) is 12.2. The molecule has 0 fully saturated rings. The van der Waals surface area contributed by atoms with E-state index in [4.69, 9.17) is 16.3 Å². The highest BCUT2D eigenvalue weighted by Crippen LogP contribution is 2.21. The summed E-state index contributed by atoms with van der Waals surface area (Å²) in [6.45, 7) is 6.25. The summed E-state index contributed by atoms with van der Waals surface area (Å²) in [7, 11) is 0. The minimum atomic E-state index is -0.0329. The first-order valence-electron chi connectivity index (χ1n) is 8.19. The Morgan fingerprint density at radius 3 is 3.04 bits per heavy atom. The molecule has 2 rings (SSSR count). The van der Waals surface area contributed by atoms with Gasteiger partial charge in [-0.05, 0) is 30.5 Å². The monoisotopic (exact) mass is 382 g/mol. The zero-order valence-corrected chi connectivity index (χ0v) is 16.0. The fourth-order valence-electron chi connectivity index (χ4n) is 2.03. The third-order valence-corrected chi connectivity index (χ3v) is 4.35. The summed E-state index contributed by atoms with van der Waals surface area (Å²) in [5.74, 6) is 0.781. The maximum Gasteiger partial charge on any atom is 0.230 e. The highest BCUT2D eigenvalue weighted by Gasteiger charge is 2.10. The van der Waals surface area contributed by atoms with Crippen molar-refractivity contribution in [2.24, 2.45) is 5.92 Å². The molecular weight excluding hydrogens is 360 g/mol. The van der Waals surface area contributed by atoms with Gasteiger partial charge in [0.05, 0.1) is 11.4 Å². The van der Waals surface area contributed by atoms with Crippen molar-refractivity contribution < 1.29 is 9.53 Å². The average Bonchev–Trinajstić information content (AvgIpc) is 3.04. The number of hydrogen-bond donors (Lipinski definition) is 1. The SMILES string of the molecule is CC(C)COCCCNC(=O)CSc1nncn1-c1cccc(Cl)c1. The maximum atomic E-state index is 11.9. The Hall–Kier alpha value is -1.57. The molecule has 1 aromatic carbocycles. The van der Waals surface area contributed by atoms with E-state index < -0.39 is 0 Å². The first-order chi connectivity index (χ1) is 12.1. The molecule has 8 heteroatoms. The number of amides is 1. The number of rotatable bonds is 10. The van der Waals surface area contributed by atoms with E-state index in [0.717, 1.165) is 18.7 Å². The molecule has 0 atom stereocenters. The number of benzene rings is 1. The molecule has 25 heavy (non-hydrogen) atoms. The number of nitrogens with one attached hydrogen (secondary N) is 1. The van der Waals surface area contributed by atoms with Gasteiger partial charge in [0.15, 0.2) is 5.16 Å². The quantitative estimate of drug-likeness (QED) is 0.504. The van der Waals surface area contributed by atoms with Crippen LogP contribution in [0.5, 0.6) is 0 Å². The second kappa shape index (κ2) is 10.4. The van der Waals surface area contributed by atoms with Gasteiger partial charge in [0, 0.05) is 24.8 Å². The number of nitrogens with zero attached hydrogens (tertiary/aromatic N) is 3. The third kappa shape index (κ3) is 7.05. The van der Waals surface area contributed by atoms with Crippen LogP contribution in [0.15, 0.2) is 35.7 Å². The predicted octanol–water partition coefficient (Wildman–Crippen LogP) is 3.19. The lowest BCUT2D eigenvalue weighted by Crippen LogP contribution is -2.27. The van der Waals surface area contributed by atoms with Crippen molar-refractivity contribution in [2.45, 2.75) is 25.4 Å². The summed E-state index contributed by atoms with van der Waals surface area (Å²) >= 11 is 7.35. The van der Waals surface area contributed by atoms with Crippen molar-refractivity contribution in [1.82, 2.24) is 20.1 Å². The van der Waals surface area contributed by atoms with Crippen molar-refractivity contribution >= 4 is 29.3 Å². The van der Waals surface area contributed by atoms with Crippen LogP contribution in [0.25, 0.3) is 5.69 Å². The molecule has 136 valence electrons. The van der Waals surface area contributed by atoms with Gasteiger partial charge in [-0.15, -0.1) is 10.2 Å². The van der Waals surface area contributed by atoms with E-state index in [9.17, 15) is 4.79 Å². The normalized spacial score (nSPS) is 11.0. The van der Waals surface area contributed by atoms with Gasteiger partial charge in [0.25, 0.3) is 0 Å². The van der Waals surface area contributed by atoms with Gasteiger partial charge in [-0.25, -0.2) is 0 Å². The van der Waals surface area contributed by atoms with E-state index in [1.165, 1.54) is 11.8 Å². The van der Waals surface area contributed by atoms with Crippen molar-refractivity contribution in [3.8, 4) is 5.69 Å². The van der Waals surface area contributed by atoms with E-state index in [1.54, 1.807) is 12.4 Å². The second-order valence-electron chi connectivity index (χ2n) is 5.92. The summed E-state index contributed by atoms with van der Waals surface area (Å²) in [6, 6.07) is 7.41. The molecule has 0 unspecified atom stereocenters. The Balaban J connectivity index is 1.73. The molecule has 0 aliphatic heterocycles. The number of carbonyl (C=O) groups excluding carboxylic acids is 1. The molecule has 0 aliphatic rings. The Kier molecular flexibility index (Phi) is 8.24. The van der Waals surface area contributed by atoms with Crippen LogP contribution in [0.1, 0.15) is 20.3 Å². The minimum absolute atomic E-state index is 0.0329. The van der Waals surface area contributed by atoms with Gasteiger partial charge in [0.1, 0.15) is 6.33 Å². The molecular formula is C17H23ClN4O2S. The van der Waals surface area contributed by atoms with Gasteiger partial charge in [-0.3, -0.25) is 9.36 Å². The fourth-order valence-corrected chi connectivity index (χ4v) is 2.97. The van der Waals surface area contributed by atoms with Gasteiger partial charge in [-0.2, -0.15) is 0 Å². The van der Waals surface area contributed by atoms with E-state index in [1.807, 2.05) is 22.8 Å². The lowest BCUT2D eigenvalue weighted by atomic mass is 10.2. The van der Waals surface area contributed by atoms with Crippen molar-refractivity contribution in [2.75, 3.05) is 25.5 Å². The topological polar surface area (TPSA) is 69.0 Å². The molecule has 1 heterocycles. The van der Waals surface area contributed by atoms with E-state index in [-0.39, 0.29) is 11.7 Å². The number of halogens is 1.